The third-order valence-corrected chi connectivity index (χ3v) is 6.34. The van der Waals surface area contributed by atoms with E-state index in [0.717, 1.165) is 11.1 Å². The highest BCUT2D eigenvalue weighted by atomic mass is 16.6. The number of rotatable bonds is 8. The van der Waals surface area contributed by atoms with Crippen LogP contribution in [0.1, 0.15) is 44.5 Å². The van der Waals surface area contributed by atoms with Crippen LogP contribution < -0.4 is 11.2 Å². The van der Waals surface area contributed by atoms with Crippen molar-refractivity contribution in [2.75, 3.05) is 24.9 Å². The van der Waals surface area contributed by atoms with E-state index in [1.165, 1.54) is 13.4 Å². The normalized spacial score (nSPS) is 18.7. The monoisotopic (exact) mass is 532 g/mol. The number of imidazole rings is 1. The molecule has 2 aromatic carbocycles. The van der Waals surface area contributed by atoms with Crippen LogP contribution in [0, 0.1) is 13.8 Å². The van der Waals surface area contributed by atoms with Gasteiger partial charge in [-0.1, -0.05) is 35.4 Å². The molecular weight excluding hydrogens is 504 g/mol. The Kier molecular flexibility index (Phi) is 7.39. The number of hydrogen-bond donors (Lipinski definition) is 2. The zero-order valence-electron chi connectivity index (χ0n) is 21.7. The highest BCUT2D eigenvalue weighted by Crippen LogP contribution is 2.34. The van der Waals surface area contributed by atoms with Crippen molar-refractivity contribution >= 4 is 34.9 Å². The lowest BCUT2D eigenvalue weighted by Crippen LogP contribution is -2.32. The zero-order valence-corrected chi connectivity index (χ0v) is 21.7. The van der Waals surface area contributed by atoms with Crippen LogP contribution in [-0.4, -0.2) is 57.4 Å². The van der Waals surface area contributed by atoms with Gasteiger partial charge in [0.15, 0.2) is 17.0 Å². The summed E-state index contributed by atoms with van der Waals surface area (Å²) < 4.78 is 19.3. The first-order valence-electron chi connectivity index (χ1n) is 12.3. The average Bonchev–Trinajstić information content (AvgIpc) is 3.52. The molecule has 0 radical (unpaired) electrons. The summed E-state index contributed by atoms with van der Waals surface area (Å²) >= 11 is 0. The number of aryl methyl sites for hydroxylation is 2. The summed E-state index contributed by atoms with van der Waals surface area (Å²) in [5, 5.41) is 0. The van der Waals surface area contributed by atoms with Crippen molar-refractivity contribution in [3.63, 3.8) is 0 Å². The molecule has 3 atom stereocenters. The van der Waals surface area contributed by atoms with Crippen LogP contribution in [0.2, 0.25) is 0 Å². The number of nitrogen functional groups attached to an aromatic ring is 1. The van der Waals surface area contributed by atoms with E-state index in [-0.39, 0.29) is 19.0 Å². The minimum Gasteiger partial charge on any atom is -0.459 e. The van der Waals surface area contributed by atoms with Crippen molar-refractivity contribution in [2.45, 2.75) is 38.7 Å². The second-order valence-electron chi connectivity index (χ2n) is 9.20. The molecule has 5 rings (SSSR count). The van der Waals surface area contributed by atoms with Gasteiger partial charge in [-0.3, -0.25) is 9.40 Å². The lowest BCUT2D eigenvalue weighted by atomic mass is 10.1. The molecule has 0 saturated carbocycles. The third kappa shape index (κ3) is 5.66. The second-order valence-corrected chi connectivity index (χ2v) is 9.20. The van der Waals surface area contributed by atoms with Crippen LogP contribution in [0.15, 0.2) is 54.9 Å². The van der Waals surface area contributed by atoms with E-state index in [9.17, 15) is 9.59 Å². The minimum absolute atomic E-state index is 0.00715. The maximum atomic E-state index is 13.0. The van der Waals surface area contributed by atoms with Crippen molar-refractivity contribution in [1.82, 2.24) is 19.5 Å². The fourth-order valence-corrected chi connectivity index (χ4v) is 4.28. The Labute approximate surface area is 224 Å². The van der Waals surface area contributed by atoms with Gasteiger partial charge in [-0.2, -0.15) is 9.97 Å². The number of nitrogens with two attached hydrogens (primary N) is 1. The number of ether oxygens (including phenoxy) is 3. The number of hydrogen-bond acceptors (Lipinski definition) is 11. The maximum Gasteiger partial charge on any atom is 0.338 e. The zero-order chi connectivity index (χ0) is 27.5. The summed E-state index contributed by atoms with van der Waals surface area (Å²) in [4.78, 5) is 43.4. The Hall–Kier alpha value is -4.55. The molecule has 0 bridgehead atoms. The molecule has 12 heteroatoms. The van der Waals surface area contributed by atoms with Gasteiger partial charge in [-0.15, -0.1) is 0 Å². The van der Waals surface area contributed by atoms with Crippen molar-refractivity contribution in [1.29, 1.82) is 0 Å². The number of esters is 2. The largest absolute Gasteiger partial charge is 0.459 e. The highest BCUT2D eigenvalue weighted by molar-refractivity contribution is 5.90. The van der Waals surface area contributed by atoms with Gasteiger partial charge in [-0.05, 0) is 38.1 Å². The molecule has 0 spiro atoms. The topological polar surface area (TPSA) is 153 Å². The fraction of sp³-hybridized carbons (Fsp3) is 0.296. The minimum atomic E-state index is -0.744. The van der Waals surface area contributed by atoms with Gasteiger partial charge in [0.05, 0.1) is 24.6 Å². The van der Waals surface area contributed by atoms with Crippen molar-refractivity contribution in [2.24, 2.45) is 0 Å². The lowest BCUT2D eigenvalue weighted by molar-refractivity contribution is -0.0563. The Balaban J connectivity index is 1.38. The van der Waals surface area contributed by atoms with Gasteiger partial charge in [0.1, 0.15) is 25.0 Å². The molecule has 1 saturated heterocycles. The predicted molar refractivity (Wildman–Crippen MR) is 141 cm³/mol. The molecule has 2 aromatic heterocycles. The quantitative estimate of drug-likeness (QED) is 0.254. The third-order valence-electron chi connectivity index (χ3n) is 6.34. The number of carbonyl (C=O) groups excluding carboxylic acids is 2. The Bertz CT molecular complexity index is 1490. The molecule has 0 aliphatic carbocycles. The SMILES string of the molecule is CONc1nc(N)nc2c1ncn2[C@H]1C[C@H](OC(=O)c2ccc(C)cc2)[C@@H](COC(=O)c2ccc(C)cc2)O1. The predicted octanol–water partition coefficient (Wildman–Crippen LogP) is 3.37. The van der Waals surface area contributed by atoms with Crippen LogP contribution in [-0.2, 0) is 19.0 Å². The van der Waals surface area contributed by atoms with Gasteiger partial charge in [0, 0.05) is 6.42 Å². The first kappa shape index (κ1) is 26.1. The Morgan fingerprint density at radius 2 is 1.67 bits per heavy atom. The first-order valence-corrected chi connectivity index (χ1v) is 12.3. The number of nitrogens with one attached hydrogen (secondary N) is 1. The molecule has 3 heterocycles. The van der Waals surface area contributed by atoms with Crippen molar-refractivity contribution < 1.29 is 28.6 Å². The number of nitrogens with zero attached hydrogens (tertiary/aromatic N) is 4. The fourth-order valence-electron chi connectivity index (χ4n) is 4.28. The van der Waals surface area contributed by atoms with Crippen LogP contribution in [0.25, 0.3) is 11.2 Å². The maximum absolute atomic E-state index is 13.0. The molecule has 4 aromatic rings. The Morgan fingerprint density at radius 1 is 1.03 bits per heavy atom. The molecule has 1 aliphatic heterocycles. The molecule has 202 valence electrons. The van der Waals surface area contributed by atoms with Crippen LogP contribution in [0.3, 0.4) is 0 Å². The van der Waals surface area contributed by atoms with Crippen LogP contribution >= 0.6 is 0 Å². The molecule has 1 fully saturated rings. The molecule has 0 amide bonds. The molecule has 39 heavy (non-hydrogen) atoms. The number of benzene rings is 2. The van der Waals surface area contributed by atoms with Gasteiger partial charge < -0.3 is 19.9 Å². The highest BCUT2D eigenvalue weighted by Gasteiger charge is 2.41. The van der Waals surface area contributed by atoms with Gasteiger partial charge >= 0.3 is 11.9 Å². The summed E-state index contributed by atoms with van der Waals surface area (Å²) in [5.41, 5.74) is 12.2. The summed E-state index contributed by atoms with van der Waals surface area (Å²) in [7, 11) is 1.44. The first-order chi connectivity index (χ1) is 18.8. The summed E-state index contributed by atoms with van der Waals surface area (Å²) in [5.74, 6) is -0.710. The molecule has 0 unspecified atom stereocenters. The van der Waals surface area contributed by atoms with Crippen molar-refractivity contribution in [3.05, 3.63) is 77.1 Å². The number of aromatic nitrogens is 4. The summed E-state index contributed by atoms with van der Waals surface area (Å²) in [6, 6.07) is 14.1. The molecule has 12 nitrogen and oxygen atoms in total. The molecule has 1 aliphatic rings. The van der Waals surface area contributed by atoms with E-state index < -0.39 is 30.4 Å². The number of anilines is 2. The van der Waals surface area contributed by atoms with E-state index >= 15 is 0 Å². The van der Waals surface area contributed by atoms with E-state index in [2.05, 4.69) is 20.4 Å². The van der Waals surface area contributed by atoms with Gasteiger partial charge in [-0.25, -0.2) is 20.1 Å². The number of carbonyl (C=O) groups is 2. The van der Waals surface area contributed by atoms with Crippen LogP contribution in [0.5, 0.6) is 0 Å². The summed E-state index contributed by atoms with van der Waals surface area (Å²) in [6.07, 6.45) is -0.315. The van der Waals surface area contributed by atoms with E-state index in [0.29, 0.717) is 28.1 Å². The smallest absolute Gasteiger partial charge is 0.338 e. The van der Waals surface area contributed by atoms with Crippen molar-refractivity contribution in [3.8, 4) is 0 Å². The summed E-state index contributed by atoms with van der Waals surface area (Å²) in [6.45, 7) is 3.73. The average molecular weight is 533 g/mol. The lowest BCUT2D eigenvalue weighted by Gasteiger charge is -2.19. The standard InChI is InChI=1S/C27H28N6O6/c1-15-4-8-17(9-5-15)25(34)37-13-20-19(39-26(35)18-10-6-16(2)7-11-18)12-21(38-20)33-14-29-22-23(32-36-3)30-27(28)31-24(22)33/h4-11,14,19-21H,12-13H2,1-3H3,(H3,28,30,31,32)/t19-,20+,21+/m0/s1. The second kappa shape index (κ2) is 11.1. The van der Waals surface area contributed by atoms with E-state index in [1.54, 1.807) is 28.8 Å². The van der Waals surface area contributed by atoms with Crippen LogP contribution in [0.4, 0.5) is 11.8 Å². The Morgan fingerprint density at radius 3 is 2.31 bits per heavy atom. The van der Waals surface area contributed by atoms with E-state index in [4.69, 9.17) is 24.8 Å². The van der Waals surface area contributed by atoms with E-state index in [1.807, 2.05) is 38.1 Å². The molecule has 3 N–H and O–H groups in total. The number of fused-ring (bicyclic) bond motifs is 1. The van der Waals surface area contributed by atoms with Gasteiger partial charge in [0.25, 0.3) is 0 Å². The van der Waals surface area contributed by atoms with Gasteiger partial charge in [0.2, 0.25) is 5.95 Å². The molecular formula is C27H28N6O6.